The first kappa shape index (κ1) is 21.1. The van der Waals surface area contributed by atoms with E-state index in [2.05, 4.69) is 44.7 Å². The predicted octanol–water partition coefficient (Wildman–Crippen LogP) is 2.22. The molecule has 138 valence electrons. The maximum absolute atomic E-state index is 12.5. The van der Waals surface area contributed by atoms with Crippen molar-refractivity contribution >= 4 is 10.0 Å². The van der Waals surface area contributed by atoms with Gasteiger partial charge in [-0.3, -0.25) is 0 Å². The molecule has 0 bridgehead atoms. The fourth-order valence-electron chi connectivity index (χ4n) is 2.43. The van der Waals surface area contributed by atoms with Crippen molar-refractivity contribution in [1.29, 1.82) is 0 Å². The van der Waals surface area contributed by atoms with Crippen molar-refractivity contribution in [3.63, 3.8) is 0 Å². The Morgan fingerprint density at radius 3 is 2.04 bits per heavy atom. The standard InChI is InChI=1S/C18H33N3O2S/c1-13(2)17(11-19)20-12-14(3)21-24(22,23)16-9-7-15(8-10-16)18(4,5)6/h7-10,13-14,17,20-21H,11-12,19H2,1-6H3/t14-,17+/m1/s1. The van der Waals surface area contributed by atoms with Crippen LogP contribution in [0.15, 0.2) is 29.2 Å². The molecule has 0 aliphatic heterocycles. The van der Waals surface area contributed by atoms with Gasteiger partial charge < -0.3 is 11.1 Å². The second kappa shape index (κ2) is 8.43. The monoisotopic (exact) mass is 355 g/mol. The maximum atomic E-state index is 12.5. The van der Waals surface area contributed by atoms with E-state index in [9.17, 15) is 8.42 Å². The molecule has 6 heteroatoms. The number of sulfonamides is 1. The van der Waals surface area contributed by atoms with Crippen LogP contribution < -0.4 is 15.8 Å². The molecule has 1 rings (SSSR count). The van der Waals surface area contributed by atoms with Gasteiger partial charge in [0.2, 0.25) is 10.0 Å². The number of nitrogens with one attached hydrogen (secondary N) is 2. The van der Waals surface area contributed by atoms with Crippen LogP contribution in [-0.2, 0) is 15.4 Å². The summed E-state index contributed by atoms with van der Waals surface area (Å²) in [6, 6.07) is 7.05. The largest absolute Gasteiger partial charge is 0.329 e. The number of rotatable bonds is 8. The van der Waals surface area contributed by atoms with Gasteiger partial charge in [-0.15, -0.1) is 0 Å². The van der Waals surface area contributed by atoms with Gasteiger partial charge in [0.1, 0.15) is 0 Å². The molecule has 0 amide bonds. The van der Waals surface area contributed by atoms with Crippen LogP contribution in [0.2, 0.25) is 0 Å². The number of hydrogen-bond acceptors (Lipinski definition) is 4. The highest BCUT2D eigenvalue weighted by Crippen LogP contribution is 2.23. The second-order valence-corrected chi connectivity index (χ2v) is 9.51. The molecule has 0 radical (unpaired) electrons. The molecule has 4 N–H and O–H groups in total. The van der Waals surface area contributed by atoms with E-state index in [0.717, 1.165) is 5.56 Å². The fraction of sp³-hybridized carbons (Fsp3) is 0.667. The van der Waals surface area contributed by atoms with Gasteiger partial charge >= 0.3 is 0 Å². The topological polar surface area (TPSA) is 84.2 Å². The molecule has 1 aromatic carbocycles. The first-order chi connectivity index (χ1) is 11.0. The van der Waals surface area contributed by atoms with Gasteiger partial charge in [0.05, 0.1) is 4.90 Å². The van der Waals surface area contributed by atoms with Crippen LogP contribution in [0.5, 0.6) is 0 Å². The summed E-state index contributed by atoms with van der Waals surface area (Å²) in [6.07, 6.45) is 0. The van der Waals surface area contributed by atoms with Gasteiger partial charge in [0.15, 0.2) is 0 Å². The first-order valence-electron chi connectivity index (χ1n) is 8.53. The summed E-state index contributed by atoms with van der Waals surface area (Å²) in [7, 11) is -3.52. The van der Waals surface area contributed by atoms with Crippen molar-refractivity contribution in [2.45, 2.75) is 63.9 Å². The minimum absolute atomic E-state index is 0.00101. The summed E-state index contributed by atoms with van der Waals surface area (Å²) in [4.78, 5) is 0.293. The molecule has 0 aliphatic rings. The summed E-state index contributed by atoms with van der Waals surface area (Å²) in [5.41, 5.74) is 6.84. The lowest BCUT2D eigenvalue weighted by Crippen LogP contribution is -2.47. The Morgan fingerprint density at radius 2 is 1.62 bits per heavy atom. The van der Waals surface area contributed by atoms with Crippen molar-refractivity contribution in [3.8, 4) is 0 Å². The molecular weight excluding hydrogens is 322 g/mol. The molecule has 24 heavy (non-hydrogen) atoms. The molecule has 0 aromatic heterocycles. The quantitative estimate of drug-likeness (QED) is 0.667. The van der Waals surface area contributed by atoms with Crippen LogP contribution in [0.3, 0.4) is 0 Å². The normalized spacial score (nSPS) is 15.5. The van der Waals surface area contributed by atoms with Crippen LogP contribution in [0.1, 0.15) is 47.1 Å². The average molecular weight is 356 g/mol. The average Bonchev–Trinajstić information content (AvgIpc) is 2.46. The van der Waals surface area contributed by atoms with Gasteiger partial charge in [0.25, 0.3) is 0 Å². The zero-order valence-electron chi connectivity index (χ0n) is 15.8. The highest BCUT2D eigenvalue weighted by atomic mass is 32.2. The highest BCUT2D eigenvalue weighted by molar-refractivity contribution is 7.89. The number of hydrogen-bond donors (Lipinski definition) is 3. The first-order valence-corrected chi connectivity index (χ1v) is 10.0. The van der Waals surface area contributed by atoms with Crippen LogP contribution in [0, 0.1) is 5.92 Å². The number of benzene rings is 1. The third kappa shape index (κ3) is 6.16. The fourth-order valence-corrected chi connectivity index (χ4v) is 3.67. The van der Waals surface area contributed by atoms with E-state index in [4.69, 9.17) is 5.73 Å². The van der Waals surface area contributed by atoms with Gasteiger partial charge in [-0.05, 0) is 36.0 Å². The van der Waals surface area contributed by atoms with Crippen molar-refractivity contribution < 1.29 is 8.42 Å². The van der Waals surface area contributed by atoms with Crippen LogP contribution >= 0.6 is 0 Å². The van der Waals surface area contributed by atoms with Crippen LogP contribution in [0.4, 0.5) is 0 Å². The number of nitrogens with two attached hydrogens (primary N) is 1. The summed E-state index contributed by atoms with van der Waals surface area (Å²) < 4.78 is 27.7. The van der Waals surface area contributed by atoms with Crippen molar-refractivity contribution in [1.82, 2.24) is 10.0 Å². The third-order valence-electron chi connectivity index (χ3n) is 4.13. The molecule has 2 atom stereocenters. The molecule has 5 nitrogen and oxygen atoms in total. The summed E-state index contributed by atoms with van der Waals surface area (Å²) in [5, 5.41) is 3.32. The maximum Gasteiger partial charge on any atom is 0.240 e. The Morgan fingerprint density at radius 1 is 1.08 bits per heavy atom. The molecule has 0 saturated carbocycles. The summed E-state index contributed by atoms with van der Waals surface area (Å²) >= 11 is 0. The Balaban J connectivity index is 2.72. The highest BCUT2D eigenvalue weighted by Gasteiger charge is 2.20. The van der Waals surface area contributed by atoms with Gasteiger partial charge in [-0.2, -0.15) is 0 Å². The van der Waals surface area contributed by atoms with E-state index in [-0.39, 0.29) is 17.5 Å². The van der Waals surface area contributed by atoms with E-state index in [1.165, 1.54) is 0 Å². The second-order valence-electron chi connectivity index (χ2n) is 7.79. The van der Waals surface area contributed by atoms with E-state index in [1.54, 1.807) is 12.1 Å². The molecule has 0 saturated heterocycles. The van der Waals surface area contributed by atoms with E-state index >= 15 is 0 Å². The summed E-state index contributed by atoms with van der Waals surface area (Å²) in [5.74, 6) is 0.406. The SMILES string of the molecule is CC(C)[C@H](CN)NC[C@@H](C)NS(=O)(=O)c1ccc(C(C)(C)C)cc1. The Bertz CT molecular complexity index is 604. The van der Waals surface area contributed by atoms with Gasteiger partial charge in [-0.1, -0.05) is 46.8 Å². The third-order valence-corrected chi connectivity index (χ3v) is 5.74. The van der Waals surface area contributed by atoms with Crippen molar-refractivity contribution in [2.75, 3.05) is 13.1 Å². The molecule has 0 unspecified atom stereocenters. The molecular formula is C18H33N3O2S. The predicted molar refractivity (Wildman–Crippen MR) is 101 cm³/mol. The zero-order chi connectivity index (χ0) is 18.5. The Labute approximate surface area is 147 Å². The molecule has 0 spiro atoms. The molecule has 0 fully saturated rings. The van der Waals surface area contributed by atoms with Crippen molar-refractivity contribution in [3.05, 3.63) is 29.8 Å². The van der Waals surface area contributed by atoms with Gasteiger partial charge in [0, 0.05) is 25.2 Å². The lowest BCUT2D eigenvalue weighted by atomic mass is 9.87. The van der Waals surface area contributed by atoms with E-state index in [1.807, 2.05) is 19.1 Å². The van der Waals surface area contributed by atoms with Crippen LogP contribution in [-0.4, -0.2) is 33.6 Å². The molecule has 0 heterocycles. The smallest absolute Gasteiger partial charge is 0.240 e. The lowest BCUT2D eigenvalue weighted by molar-refractivity contribution is 0.391. The Hall–Kier alpha value is -0.950. The van der Waals surface area contributed by atoms with Crippen LogP contribution in [0.25, 0.3) is 0 Å². The zero-order valence-corrected chi connectivity index (χ0v) is 16.6. The molecule has 1 aromatic rings. The lowest BCUT2D eigenvalue weighted by Gasteiger charge is -2.23. The van der Waals surface area contributed by atoms with E-state index in [0.29, 0.717) is 23.9 Å². The van der Waals surface area contributed by atoms with Crippen molar-refractivity contribution in [2.24, 2.45) is 11.7 Å². The molecule has 0 aliphatic carbocycles. The summed E-state index contributed by atoms with van der Waals surface area (Å²) in [6.45, 7) is 13.4. The van der Waals surface area contributed by atoms with E-state index < -0.39 is 10.0 Å². The minimum atomic E-state index is -3.52. The van der Waals surface area contributed by atoms with Gasteiger partial charge in [-0.25, -0.2) is 13.1 Å². The minimum Gasteiger partial charge on any atom is -0.329 e. The Kier molecular flexibility index (Phi) is 7.41.